The van der Waals surface area contributed by atoms with Gasteiger partial charge in [0.05, 0.1) is 6.42 Å². The fourth-order valence-corrected chi connectivity index (χ4v) is 3.50. The van der Waals surface area contributed by atoms with Crippen LogP contribution in [0.5, 0.6) is 0 Å². The van der Waals surface area contributed by atoms with Crippen LogP contribution in [0, 0.1) is 0 Å². The van der Waals surface area contributed by atoms with Crippen molar-refractivity contribution in [2.45, 2.75) is 62.3 Å². The zero-order valence-corrected chi connectivity index (χ0v) is 12.8. The number of nitrogens with zero attached hydrogens (tertiary/aromatic N) is 1. The summed E-state index contributed by atoms with van der Waals surface area (Å²) in [5.74, 6) is -0.844. The van der Waals surface area contributed by atoms with E-state index in [4.69, 9.17) is 5.11 Å². The number of amides is 2. The molecule has 2 aliphatic rings. The molecule has 0 aromatic rings. The van der Waals surface area contributed by atoms with E-state index in [9.17, 15) is 9.59 Å². The van der Waals surface area contributed by atoms with Crippen molar-refractivity contribution in [3.63, 3.8) is 0 Å². The van der Waals surface area contributed by atoms with Gasteiger partial charge in [-0.2, -0.15) is 11.8 Å². The van der Waals surface area contributed by atoms with E-state index in [0.717, 1.165) is 43.8 Å². The fourth-order valence-electron chi connectivity index (χ4n) is 2.75. The molecular formula is C14H24N2O3S. The first-order valence-electron chi connectivity index (χ1n) is 7.42. The quantitative estimate of drug-likeness (QED) is 0.790. The molecule has 0 aliphatic heterocycles. The maximum absolute atomic E-state index is 12.3. The van der Waals surface area contributed by atoms with Gasteiger partial charge in [-0.05, 0) is 44.8 Å². The topological polar surface area (TPSA) is 69.6 Å². The summed E-state index contributed by atoms with van der Waals surface area (Å²) in [6.07, 6.45) is 8.57. The fraction of sp³-hybridized carbons (Fsp3) is 0.857. The Balaban J connectivity index is 1.78. The van der Waals surface area contributed by atoms with Crippen molar-refractivity contribution >= 4 is 23.8 Å². The van der Waals surface area contributed by atoms with Gasteiger partial charge in [0.2, 0.25) is 0 Å². The van der Waals surface area contributed by atoms with Crippen molar-refractivity contribution in [1.29, 1.82) is 0 Å². The van der Waals surface area contributed by atoms with Crippen LogP contribution in [-0.2, 0) is 4.79 Å². The third-order valence-corrected chi connectivity index (χ3v) is 5.29. The van der Waals surface area contributed by atoms with Crippen LogP contribution in [-0.4, -0.2) is 52.1 Å². The van der Waals surface area contributed by atoms with Crippen molar-refractivity contribution in [3.8, 4) is 0 Å². The molecule has 0 aromatic heterocycles. The van der Waals surface area contributed by atoms with Gasteiger partial charge in [0, 0.05) is 23.9 Å². The Labute approximate surface area is 124 Å². The van der Waals surface area contributed by atoms with E-state index in [2.05, 4.69) is 11.6 Å². The largest absolute Gasteiger partial charge is 0.481 e. The molecule has 6 heteroatoms. The van der Waals surface area contributed by atoms with Crippen LogP contribution in [0.1, 0.15) is 44.9 Å². The molecule has 114 valence electrons. The van der Waals surface area contributed by atoms with Crippen LogP contribution in [0.15, 0.2) is 0 Å². The van der Waals surface area contributed by atoms with Gasteiger partial charge in [-0.1, -0.05) is 0 Å². The first-order valence-corrected chi connectivity index (χ1v) is 8.70. The summed E-state index contributed by atoms with van der Waals surface area (Å²) in [7, 11) is 0. The summed E-state index contributed by atoms with van der Waals surface area (Å²) in [6, 6.07) is 0.454. The zero-order chi connectivity index (χ0) is 14.5. The van der Waals surface area contributed by atoms with Crippen LogP contribution in [0.25, 0.3) is 0 Å². The van der Waals surface area contributed by atoms with Crippen LogP contribution in [0.3, 0.4) is 0 Å². The number of carboxylic acid groups (broad SMARTS) is 1. The third kappa shape index (κ3) is 4.58. The standard InChI is InChI=1S/C14H24N2O3S/c1-20-12-6-2-10(3-7-12)15-14(19)16(11-4-5-11)9-8-13(17)18/h10-12H,2-9H2,1H3,(H,15,19)(H,17,18). The molecule has 0 aromatic carbocycles. The molecule has 0 radical (unpaired) electrons. The number of rotatable bonds is 6. The molecule has 2 rings (SSSR count). The number of hydrogen-bond acceptors (Lipinski definition) is 3. The molecule has 20 heavy (non-hydrogen) atoms. The maximum Gasteiger partial charge on any atom is 0.317 e. The van der Waals surface area contributed by atoms with Gasteiger partial charge in [0.1, 0.15) is 0 Å². The number of urea groups is 1. The molecule has 0 saturated heterocycles. The van der Waals surface area contributed by atoms with Crippen molar-refractivity contribution in [2.24, 2.45) is 0 Å². The van der Waals surface area contributed by atoms with E-state index >= 15 is 0 Å². The lowest BCUT2D eigenvalue weighted by atomic mass is 9.95. The van der Waals surface area contributed by atoms with E-state index in [1.54, 1.807) is 4.90 Å². The zero-order valence-electron chi connectivity index (χ0n) is 12.0. The lowest BCUT2D eigenvalue weighted by molar-refractivity contribution is -0.137. The maximum atomic E-state index is 12.3. The summed E-state index contributed by atoms with van der Waals surface area (Å²) in [4.78, 5) is 24.7. The van der Waals surface area contributed by atoms with Gasteiger partial charge in [0.15, 0.2) is 0 Å². The highest BCUT2D eigenvalue weighted by atomic mass is 32.2. The smallest absolute Gasteiger partial charge is 0.317 e. The van der Waals surface area contributed by atoms with Gasteiger partial charge < -0.3 is 15.3 Å². The van der Waals surface area contributed by atoms with Crippen molar-refractivity contribution in [2.75, 3.05) is 12.8 Å². The minimum Gasteiger partial charge on any atom is -0.481 e. The second kappa shape index (κ2) is 7.20. The normalized spacial score (nSPS) is 26.1. The molecule has 0 atom stereocenters. The van der Waals surface area contributed by atoms with E-state index in [0.29, 0.717) is 6.54 Å². The molecule has 2 N–H and O–H groups in total. The Kier molecular flexibility index (Phi) is 5.57. The van der Waals surface area contributed by atoms with E-state index in [-0.39, 0.29) is 24.5 Å². The molecule has 0 bridgehead atoms. The first-order chi connectivity index (χ1) is 9.60. The second-order valence-electron chi connectivity index (χ2n) is 5.73. The molecule has 2 amide bonds. The minimum absolute atomic E-state index is 0.0309. The van der Waals surface area contributed by atoms with Crippen LogP contribution in [0.4, 0.5) is 4.79 Å². The highest BCUT2D eigenvalue weighted by Gasteiger charge is 2.34. The van der Waals surface area contributed by atoms with Gasteiger partial charge in [-0.3, -0.25) is 4.79 Å². The SMILES string of the molecule is CSC1CCC(NC(=O)N(CCC(=O)O)C2CC2)CC1. The van der Waals surface area contributed by atoms with E-state index < -0.39 is 5.97 Å². The van der Waals surface area contributed by atoms with Gasteiger partial charge in [-0.25, -0.2) is 4.79 Å². The Morgan fingerprint density at radius 3 is 2.35 bits per heavy atom. The number of thioether (sulfide) groups is 1. The van der Waals surface area contributed by atoms with E-state index in [1.807, 2.05) is 11.8 Å². The average Bonchev–Trinajstić information content (AvgIpc) is 3.24. The summed E-state index contributed by atoms with van der Waals surface area (Å²) in [5, 5.41) is 12.6. The third-order valence-electron chi connectivity index (χ3n) is 4.15. The molecular weight excluding hydrogens is 276 g/mol. The summed E-state index contributed by atoms with van der Waals surface area (Å²) < 4.78 is 0. The van der Waals surface area contributed by atoms with Gasteiger partial charge >= 0.3 is 12.0 Å². The van der Waals surface area contributed by atoms with Crippen LogP contribution < -0.4 is 5.32 Å². The van der Waals surface area contributed by atoms with Crippen LogP contribution in [0.2, 0.25) is 0 Å². The van der Waals surface area contributed by atoms with Crippen molar-refractivity contribution in [3.05, 3.63) is 0 Å². The van der Waals surface area contributed by atoms with Gasteiger partial charge in [0.25, 0.3) is 0 Å². The number of hydrogen-bond donors (Lipinski definition) is 2. The summed E-state index contributed by atoms with van der Waals surface area (Å²) >= 11 is 1.91. The lowest BCUT2D eigenvalue weighted by Gasteiger charge is -2.30. The molecule has 2 fully saturated rings. The van der Waals surface area contributed by atoms with Crippen LogP contribution >= 0.6 is 11.8 Å². The molecule has 5 nitrogen and oxygen atoms in total. The molecule has 2 saturated carbocycles. The average molecular weight is 300 g/mol. The number of carbonyl (C=O) groups is 2. The predicted octanol–water partition coefficient (Wildman–Crippen LogP) is 2.31. The van der Waals surface area contributed by atoms with E-state index in [1.165, 1.54) is 0 Å². The number of aliphatic carboxylic acids is 1. The number of carboxylic acids is 1. The second-order valence-corrected chi connectivity index (χ2v) is 6.87. The Bertz CT molecular complexity index is 352. The Hall–Kier alpha value is -0.910. The summed E-state index contributed by atoms with van der Waals surface area (Å²) in [5.41, 5.74) is 0. The van der Waals surface area contributed by atoms with Crippen molar-refractivity contribution in [1.82, 2.24) is 10.2 Å². The number of carbonyl (C=O) groups excluding carboxylic acids is 1. The summed E-state index contributed by atoms with van der Waals surface area (Å²) in [6.45, 7) is 0.325. The lowest BCUT2D eigenvalue weighted by Crippen LogP contribution is -2.47. The molecule has 2 aliphatic carbocycles. The monoisotopic (exact) mass is 300 g/mol. The molecule has 0 spiro atoms. The first kappa shape index (κ1) is 15.5. The predicted molar refractivity (Wildman–Crippen MR) is 80.1 cm³/mol. The number of nitrogens with one attached hydrogen (secondary N) is 1. The van der Waals surface area contributed by atoms with Crippen molar-refractivity contribution < 1.29 is 14.7 Å². The molecule has 0 heterocycles. The highest BCUT2D eigenvalue weighted by Crippen LogP contribution is 2.29. The van der Waals surface area contributed by atoms with Gasteiger partial charge in [-0.15, -0.1) is 0 Å². The Morgan fingerprint density at radius 1 is 1.20 bits per heavy atom. The Morgan fingerprint density at radius 2 is 1.85 bits per heavy atom. The minimum atomic E-state index is -0.844. The molecule has 0 unspecified atom stereocenters. The highest BCUT2D eigenvalue weighted by molar-refractivity contribution is 7.99.